The van der Waals surface area contributed by atoms with Crippen LogP contribution in [0.1, 0.15) is 40.3 Å². The van der Waals surface area contributed by atoms with Crippen molar-refractivity contribution in [1.82, 2.24) is 10.0 Å². The third-order valence-corrected chi connectivity index (χ3v) is 2.81. The quantitative estimate of drug-likeness (QED) is 0.787. The molecule has 5 heteroatoms. The van der Waals surface area contributed by atoms with Gasteiger partial charge in [0.1, 0.15) is 6.61 Å². The second-order valence-corrected chi connectivity index (χ2v) is 5.71. The topological polar surface area (TPSA) is 63.5 Å². The Morgan fingerprint density at radius 2 is 1.91 bits per heavy atom. The molecule has 0 aliphatic rings. The molecular weight excluding hydrogens is 292 g/mol. The van der Waals surface area contributed by atoms with E-state index >= 15 is 0 Å². The van der Waals surface area contributed by atoms with Gasteiger partial charge in [0.05, 0.1) is 6.42 Å². The molecule has 0 aliphatic heterocycles. The van der Waals surface area contributed by atoms with Gasteiger partial charge >= 0.3 is 5.97 Å². The van der Waals surface area contributed by atoms with Crippen LogP contribution in [0.25, 0.3) is 10.9 Å². The summed E-state index contributed by atoms with van der Waals surface area (Å²) in [5, 5.41) is 9.89. The molecule has 0 spiro atoms. The summed E-state index contributed by atoms with van der Waals surface area (Å²) < 4.78 is 1.99. The summed E-state index contributed by atoms with van der Waals surface area (Å²) in [6.45, 7) is 7.36. The fourth-order valence-electron chi connectivity index (χ4n) is 2.00. The Morgan fingerprint density at radius 3 is 2.48 bits per heavy atom. The Balaban J connectivity index is 0.000000871. The molecule has 0 amide bonds. The summed E-state index contributed by atoms with van der Waals surface area (Å²) in [4.78, 5) is 15.9. The van der Waals surface area contributed by atoms with E-state index in [1.54, 1.807) is 7.05 Å². The Morgan fingerprint density at radius 1 is 1.30 bits per heavy atom. The molecule has 1 heterocycles. The zero-order valence-corrected chi connectivity index (χ0v) is 13.8. The minimum absolute atomic E-state index is 0. The maximum absolute atomic E-state index is 10.7. The number of benzene rings is 1. The fourth-order valence-corrected chi connectivity index (χ4v) is 2.00. The lowest BCUT2D eigenvalue weighted by Gasteiger charge is -2.09. The van der Waals surface area contributed by atoms with Crippen molar-refractivity contribution in [2.75, 3.05) is 7.05 Å². The molecule has 0 aliphatic carbocycles. The summed E-state index contributed by atoms with van der Waals surface area (Å²) in [6.07, 6.45) is 0.102. The molecule has 0 bridgehead atoms. The number of aromatic nitrogens is 1. The maximum Gasteiger partial charge on any atom is 0.305 e. The molecule has 1 aromatic heterocycles. The van der Waals surface area contributed by atoms with Gasteiger partial charge in [0, 0.05) is 24.8 Å². The van der Waals surface area contributed by atoms with Crippen molar-refractivity contribution in [3.05, 3.63) is 36.0 Å². The van der Waals surface area contributed by atoms with E-state index in [1.165, 1.54) is 0 Å². The Hall–Kier alpha value is -1.85. The first kappa shape index (κ1) is 21.1. The van der Waals surface area contributed by atoms with Crippen LogP contribution >= 0.6 is 0 Å². The van der Waals surface area contributed by atoms with Crippen molar-refractivity contribution in [1.29, 1.82) is 0 Å². The SMILES string of the molecule is C.CC(C)C.CNOCc1cc2ccccc2n1CCC(=O)O. The molecule has 0 unspecified atom stereocenters. The molecule has 2 aromatic rings. The van der Waals surface area contributed by atoms with Gasteiger partial charge in [0.2, 0.25) is 0 Å². The van der Waals surface area contributed by atoms with Crippen molar-refractivity contribution in [3.8, 4) is 0 Å². The highest BCUT2D eigenvalue weighted by atomic mass is 16.6. The van der Waals surface area contributed by atoms with Gasteiger partial charge in [-0.3, -0.25) is 9.63 Å². The van der Waals surface area contributed by atoms with E-state index in [9.17, 15) is 4.79 Å². The van der Waals surface area contributed by atoms with E-state index in [1.807, 2.05) is 34.9 Å². The molecule has 1 aromatic carbocycles. The average molecular weight is 322 g/mol. The van der Waals surface area contributed by atoms with Gasteiger partial charge in [-0.25, -0.2) is 5.48 Å². The van der Waals surface area contributed by atoms with E-state index in [4.69, 9.17) is 9.94 Å². The first-order valence-electron chi connectivity index (χ1n) is 7.53. The van der Waals surface area contributed by atoms with Crippen LogP contribution in [0.4, 0.5) is 0 Å². The number of aliphatic carboxylic acids is 1. The van der Waals surface area contributed by atoms with Crippen molar-refractivity contribution >= 4 is 16.9 Å². The van der Waals surface area contributed by atoms with Crippen LogP contribution in [0.3, 0.4) is 0 Å². The first-order chi connectivity index (χ1) is 10.5. The monoisotopic (exact) mass is 322 g/mol. The number of nitrogens with zero attached hydrogens (tertiary/aromatic N) is 1. The molecule has 0 saturated carbocycles. The van der Waals surface area contributed by atoms with Gasteiger partial charge in [0.15, 0.2) is 0 Å². The van der Waals surface area contributed by atoms with Gasteiger partial charge in [-0.1, -0.05) is 46.4 Å². The van der Waals surface area contributed by atoms with E-state index in [-0.39, 0.29) is 13.8 Å². The van der Waals surface area contributed by atoms with Gasteiger partial charge in [-0.2, -0.15) is 0 Å². The third-order valence-electron chi connectivity index (χ3n) is 2.81. The van der Waals surface area contributed by atoms with E-state index < -0.39 is 5.97 Å². The average Bonchev–Trinajstić information content (AvgIpc) is 2.80. The molecule has 2 N–H and O–H groups in total. The lowest BCUT2D eigenvalue weighted by Crippen LogP contribution is -2.12. The van der Waals surface area contributed by atoms with Crippen molar-refractivity contribution in [2.45, 2.75) is 47.8 Å². The molecule has 23 heavy (non-hydrogen) atoms. The highest BCUT2D eigenvalue weighted by Gasteiger charge is 2.09. The second-order valence-electron chi connectivity index (χ2n) is 5.71. The van der Waals surface area contributed by atoms with Gasteiger partial charge in [-0.15, -0.1) is 0 Å². The second kappa shape index (κ2) is 10.8. The molecule has 0 atom stereocenters. The lowest BCUT2D eigenvalue weighted by molar-refractivity contribution is -0.137. The number of hydrogen-bond donors (Lipinski definition) is 2. The van der Waals surface area contributed by atoms with E-state index in [2.05, 4.69) is 26.3 Å². The van der Waals surface area contributed by atoms with Crippen LogP contribution in [0.5, 0.6) is 0 Å². The Kier molecular flexibility index (Phi) is 9.94. The molecule has 2 rings (SSSR count). The predicted octanol–water partition coefficient (Wildman–Crippen LogP) is 4.07. The molecule has 0 fully saturated rings. The highest BCUT2D eigenvalue weighted by molar-refractivity contribution is 5.81. The lowest BCUT2D eigenvalue weighted by atomic mass is 10.2. The zero-order valence-electron chi connectivity index (χ0n) is 13.8. The van der Waals surface area contributed by atoms with Crippen LogP contribution in [-0.4, -0.2) is 22.7 Å². The minimum Gasteiger partial charge on any atom is -0.481 e. The standard InChI is InChI=1S/C13H16N2O3.C4H10.CH4/c1-14-18-9-11-8-10-4-2-3-5-12(10)15(11)7-6-13(16)17;1-4(2)3;/h2-5,8,14H,6-7,9H2,1H3,(H,16,17);4H,1-3H3;1H4. The molecular formula is C18H30N2O3. The number of fused-ring (bicyclic) bond motifs is 1. The van der Waals surface area contributed by atoms with Crippen LogP contribution in [0, 0.1) is 5.92 Å². The van der Waals surface area contributed by atoms with Crippen molar-refractivity contribution in [3.63, 3.8) is 0 Å². The predicted molar refractivity (Wildman–Crippen MR) is 95.3 cm³/mol. The number of carboxylic acids is 1. The number of hydrogen-bond acceptors (Lipinski definition) is 3. The van der Waals surface area contributed by atoms with E-state index in [0.717, 1.165) is 22.5 Å². The first-order valence-corrected chi connectivity index (χ1v) is 7.53. The summed E-state index contributed by atoms with van der Waals surface area (Å²) in [7, 11) is 1.70. The van der Waals surface area contributed by atoms with Crippen LogP contribution in [0.2, 0.25) is 0 Å². The number of para-hydroxylation sites is 1. The summed E-state index contributed by atoms with van der Waals surface area (Å²) in [5.74, 6) is 0.0354. The maximum atomic E-state index is 10.7. The number of carboxylic acid groups (broad SMARTS) is 1. The highest BCUT2D eigenvalue weighted by Crippen LogP contribution is 2.20. The van der Waals surface area contributed by atoms with Crippen LogP contribution < -0.4 is 5.48 Å². The molecule has 130 valence electrons. The number of carbonyl (C=O) groups is 1. The summed E-state index contributed by atoms with van der Waals surface area (Å²) in [5.41, 5.74) is 4.62. The van der Waals surface area contributed by atoms with Gasteiger partial charge < -0.3 is 9.67 Å². The van der Waals surface area contributed by atoms with Gasteiger partial charge in [0.25, 0.3) is 0 Å². The van der Waals surface area contributed by atoms with E-state index in [0.29, 0.717) is 13.2 Å². The van der Waals surface area contributed by atoms with Gasteiger partial charge in [-0.05, 0) is 23.4 Å². The van der Waals surface area contributed by atoms with Crippen LogP contribution in [-0.2, 0) is 22.8 Å². The van der Waals surface area contributed by atoms with Crippen LogP contribution in [0.15, 0.2) is 30.3 Å². The summed E-state index contributed by atoms with van der Waals surface area (Å²) >= 11 is 0. The van der Waals surface area contributed by atoms with Crippen molar-refractivity contribution < 1.29 is 14.7 Å². The minimum atomic E-state index is -0.798. The van der Waals surface area contributed by atoms with Crippen molar-refractivity contribution in [2.24, 2.45) is 5.92 Å². The normalized spacial score (nSPS) is 10.1. The number of hydroxylamine groups is 1. The largest absolute Gasteiger partial charge is 0.481 e. The Labute approximate surface area is 139 Å². The number of rotatable bonds is 6. The molecule has 5 nitrogen and oxygen atoms in total. The fraction of sp³-hybridized carbons (Fsp3) is 0.500. The number of nitrogens with one attached hydrogen (secondary N) is 1. The zero-order chi connectivity index (χ0) is 16.5. The Bertz CT molecular complexity index is 588. The smallest absolute Gasteiger partial charge is 0.305 e. The third kappa shape index (κ3) is 7.30. The summed E-state index contributed by atoms with van der Waals surface area (Å²) in [6, 6.07) is 9.93. The number of aryl methyl sites for hydroxylation is 1. The molecule has 0 saturated heterocycles. The molecule has 0 radical (unpaired) electrons.